The molecule has 0 bridgehead atoms. The van der Waals surface area contributed by atoms with Crippen molar-refractivity contribution in [3.8, 4) is 11.5 Å². The molecule has 3 rings (SSSR count). The van der Waals surface area contributed by atoms with E-state index in [1.165, 1.54) is 48.3 Å². The molecule has 0 saturated heterocycles. The molecule has 34 heavy (non-hydrogen) atoms. The van der Waals surface area contributed by atoms with Gasteiger partial charge >= 0.3 is 0 Å². The lowest BCUT2D eigenvalue weighted by Crippen LogP contribution is -2.51. The van der Waals surface area contributed by atoms with E-state index in [0.29, 0.717) is 36.7 Å². The number of nitrogens with one attached hydrogen (secondary N) is 1. The Morgan fingerprint density at radius 2 is 1.74 bits per heavy atom. The zero-order chi connectivity index (χ0) is 24.9. The Morgan fingerprint density at radius 1 is 1.09 bits per heavy atom. The molecule has 2 amide bonds. The van der Waals surface area contributed by atoms with Gasteiger partial charge in [-0.25, -0.2) is 12.8 Å². The van der Waals surface area contributed by atoms with Gasteiger partial charge < -0.3 is 19.7 Å². The van der Waals surface area contributed by atoms with Gasteiger partial charge in [0.05, 0.1) is 11.9 Å². The van der Waals surface area contributed by atoms with Crippen molar-refractivity contribution in [1.82, 2.24) is 10.2 Å². The number of rotatable bonds is 9. The Bertz CT molecular complexity index is 1140. The van der Waals surface area contributed by atoms with Crippen LogP contribution in [0.2, 0.25) is 0 Å². The van der Waals surface area contributed by atoms with Gasteiger partial charge in [0.15, 0.2) is 11.5 Å². The SMILES string of the molecule is CC[C@@H](C(=O)NC)N(Cc1ccc(F)cc1)C(=O)CN(c1ccc2c(c1)OCCO2)S(C)(=O)=O. The Hall–Kier alpha value is -3.34. The molecule has 11 heteroatoms. The molecule has 0 saturated carbocycles. The van der Waals surface area contributed by atoms with Crippen LogP contribution < -0.4 is 19.1 Å². The van der Waals surface area contributed by atoms with Gasteiger partial charge in [-0.3, -0.25) is 13.9 Å². The normalized spacial score (nSPS) is 13.6. The fourth-order valence-electron chi connectivity index (χ4n) is 3.67. The van der Waals surface area contributed by atoms with Crippen molar-refractivity contribution in [2.75, 3.05) is 37.4 Å². The largest absolute Gasteiger partial charge is 0.486 e. The number of nitrogens with zero attached hydrogens (tertiary/aromatic N) is 2. The standard InChI is InChI=1S/C23H28FN3O6S/c1-4-19(23(29)25-2)26(14-16-5-7-17(24)8-6-16)22(28)15-27(34(3,30)31)18-9-10-20-21(13-18)33-12-11-32-20/h5-10,13,19H,4,11-12,14-15H2,1-3H3,(H,25,29)/t19-/m0/s1. The van der Waals surface area contributed by atoms with Crippen molar-refractivity contribution in [2.24, 2.45) is 0 Å². The fourth-order valence-corrected chi connectivity index (χ4v) is 4.51. The highest BCUT2D eigenvalue weighted by Gasteiger charge is 2.31. The monoisotopic (exact) mass is 493 g/mol. The second-order valence-corrected chi connectivity index (χ2v) is 9.69. The van der Waals surface area contributed by atoms with Crippen LogP contribution in [0.5, 0.6) is 11.5 Å². The van der Waals surface area contributed by atoms with Gasteiger partial charge in [0.1, 0.15) is 31.6 Å². The Kier molecular flexibility index (Phi) is 7.98. The summed E-state index contributed by atoms with van der Waals surface area (Å²) < 4.78 is 50.6. The van der Waals surface area contributed by atoms with Gasteiger partial charge in [0.2, 0.25) is 21.8 Å². The molecular formula is C23H28FN3O6S. The molecule has 2 aromatic carbocycles. The molecular weight excluding hydrogens is 465 g/mol. The van der Waals surface area contributed by atoms with Crippen LogP contribution in [0, 0.1) is 5.82 Å². The highest BCUT2D eigenvalue weighted by molar-refractivity contribution is 7.92. The average molecular weight is 494 g/mol. The number of sulfonamides is 1. The fraction of sp³-hybridized carbons (Fsp3) is 0.391. The molecule has 1 aliphatic rings. The number of ether oxygens (including phenoxy) is 2. The van der Waals surface area contributed by atoms with Crippen LogP contribution in [0.3, 0.4) is 0 Å². The van der Waals surface area contributed by atoms with Gasteiger partial charge in [0.25, 0.3) is 0 Å². The number of halogens is 1. The average Bonchev–Trinajstić information content (AvgIpc) is 2.82. The second kappa shape index (κ2) is 10.7. The Labute approximate surface area is 198 Å². The molecule has 0 radical (unpaired) electrons. The number of amides is 2. The number of hydrogen-bond acceptors (Lipinski definition) is 6. The van der Waals surface area contributed by atoms with E-state index in [0.717, 1.165) is 10.6 Å². The van der Waals surface area contributed by atoms with Crippen LogP contribution in [0.1, 0.15) is 18.9 Å². The lowest BCUT2D eigenvalue weighted by Gasteiger charge is -2.32. The summed E-state index contributed by atoms with van der Waals surface area (Å²) in [4.78, 5) is 27.3. The molecule has 1 N–H and O–H groups in total. The number of hydrogen-bond donors (Lipinski definition) is 1. The van der Waals surface area contributed by atoms with E-state index in [1.54, 1.807) is 13.0 Å². The van der Waals surface area contributed by atoms with Gasteiger partial charge in [-0.15, -0.1) is 0 Å². The molecule has 9 nitrogen and oxygen atoms in total. The summed E-state index contributed by atoms with van der Waals surface area (Å²) in [6.07, 6.45) is 1.30. The summed E-state index contributed by atoms with van der Waals surface area (Å²) in [6.45, 7) is 1.93. The van der Waals surface area contributed by atoms with Gasteiger partial charge in [0, 0.05) is 19.7 Å². The smallest absolute Gasteiger partial charge is 0.244 e. The van der Waals surface area contributed by atoms with Crippen molar-refractivity contribution in [2.45, 2.75) is 25.9 Å². The number of carbonyl (C=O) groups is 2. The third kappa shape index (κ3) is 5.96. The number of anilines is 1. The lowest BCUT2D eigenvalue weighted by molar-refractivity contribution is -0.140. The van der Waals surface area contributed by atoms with Crippen molar-refractivity contribution in [3.63, 3.8) is 0 Å². The number of benzene rings is 2. The number of carbonyl (C=O) groups excluding carboxylic acids is 2. The molecule has 0 spiro atoms. The van der Waals surface area contributed by atoms with E-state index in [4.69, 9.17) is 9.47 Å². The Morgan fingerprint density at radius 3 is 2.32 bits per heavy atom. The molecule has 0 fully saturated rings. The minimum atomic E-state index is -3.87. The summed E-state index contributed by atoms with van der Waals surface area (Å²) in [5.74, 6) is -0.534. The summed E-state index contributed by atoms with van der Waals surface area (Å²) in [5, 5.41) is 2.54. The van der Waals surface area contributed by atoms with Crippen LogP contribution in [0.15, 0.2) is 42.5 Å². The van der Waals surface area contributed by atoms with Crippen molar-refractivity contribution in [3.05, 3.63) is 53.8 Å². The minimum absolute atomic E-state index is 0.00375. The van der Waals surface area contributed by atoms with Crippen LogP contribution in [0.25, 0.3) is 0 Å². The number of likely N-dealkylation sites (N-methyl/N-ethyl adjacent to an activating group) is 1. The minimum Gasteiger partial charge on any atom is -0.486 e. The van der Waals surface area contributed by atoms with Crippen LogP contribution in [-0.4, -0.2) is 64.2 Å². The van der Waals surface area contributed by atoms with E-state index >= 15 is 0 Å². The van der Waals surface area contributed by atoms with E-state index in [1.807, 2.05) is 0 Å². The van der Waals surface area contributed by atoms with E-state index in [9.17, 15) is 22.4 Å². The van der Waals surface area contributed by atoms with E-state index in [2.05, 4.69) is 5.32 Å². The first-order valence-corrected chi connectivity index (χ1v) is 12.6. The molecule has 2 aromatic rings. The van der Waals surface area contributed by atoms with Crippen LogP contribution in [0.4, 0.5) is 10.1 Å². The summed E-state index contributed by atoms with van der Waals surface area (Å²) in [6, 6.07) is 9.33. The van der Waals surface area contributed by atoms with Crippen LogP contribution >= 0.6 is 0 Å². The van der Waals surface area contributed by atoms with Crippen molar-refractivity contribution < 1.29 is 31.9 Å². The Balaban J connectivity index is 1.94. The van der Waals surface area contributed by atoms with Crippen molar-refractivity contribution in [1.29, 1.82) is 0 Å². The molecule has 184 valence electrons. The zero-order valence-corrected chi connectivity index (χ0v) is 20.1. The topological polar surface area (TPSA) is 105 Å². The number of fused-ring (bicyclic) bond motifs is 1. The van der Waals surface area contributed by atoms with E-state index < -0.39 is 34.3 Å². The van der Waals surface area contributed by atoms with Gasteiger partial charge in [-0.05, 0) is 36.2 Å². The van der Waals surface area contributed by atoms with E-state index in [-0.39, 0.29) is 18.1 Å². The predicted molar refractivity (Wildman–Crippen MR) is 125 cm³/mol. The van der Waals surface area contributed by atoms with Gasteiger partial charge in [-0.1, -0.05) is 19.1 Å². The lowest BCUT2D eigenvalue weighted by atomic mass is 10.1. The molecule has 1 atom stereocenters. The molecule has 0 aliphatic carbocycles. The second-order valence-electron chi connectivity index (χ2n) is 7.78. The maximum atomic E-state index is 13.5. The van der Waals surface area contributed by atoms with Crippen LogP contribution in [-0.2, 0) is 26.2 Å². The third-order valence-corrected chi connectivity index (χ3v) is 6.53. The highest BCUT2D eigenvalue weighted by Crippen LogP contribution is 2.34. The van der Waals surface area contributed by atoms with Gasteiger partial charge in [-0.2, -0.15) is 0 Å². The molecule has 0 aromatic heterocycles. The first-order valence-electron chi connectivity index (χ1n) is 10.8. The summed E-state index contributed by atoms with van der Waals surface area (Å²) >= 11 is 0. The third-order valence-electron chi connectivity index (χ3n) is 5.39. The maximum Gasteiger partial charge on any atom is 0.244 e. The summed E-state index contributed by atoms with van der Waals surface area (Å²) in [7, 11) is -2.41. The first-order chi connectivity index (χ1) is 16.1. The summed E-state index contributed by atoms with van der Waals surface area (Å²) in [5.41, 5.74) is 0.831. The quantitative estimate of drug-likeness (QED) is 0.572. The molecule has 0 unspecified atom stereocenters. The molecule has 1 aliphatic heterocycles. The van der Waals surface area contributed by atoms with Crippen molar-refractivity contribution >= 4 is 27.5 Å². The zero-order valence-electron chi connectivity index (χ0n) is 19.3. The molecule has 1 heterocycles. The predicted octanol–water partition coefficient (Wildman–Crippen LogP) is 1.92. The highest BCUT2D eigenvalue weighted by atomic mass is 32.2. The first kappa shape index (κ1) is 25.3. The maximum absolute atomic E-state index is 13.5.